The van der Waals surface area contributed by atoms with E-state index in [9.17, 15) is 9.59 Å². The number of benzene rings is 1. The Kier molecular flexibility index (Phi) is 4.37. The van der Waals surface area contributed by atoms with Crippen LogP contribution in [0.25, 0.3) is 0 Å². The molecule has 0 bridgehead atoms. The van der Waals surface area contributed by atoms with Crippen LogP contribution >= 0.6 is 0 Å². The van der Waals surface area contributed by atoms with E-state index in [0.717, 1.165) is 0 Å². The zero-order valence-electron chi connectivity index (χ0n) is 12.8. The molecule has 1 aromatic carbocycles. The molecule has 1 N–H and O–H groups in total. The zero-order valence-corrected chi connectivity index (χ0v) is 12.8. The van der Waals surface area contributed by atoms with E-state index >= 15 is 0 Å². The van der Waals surface area contributed by atoms with E-state index in [-0.39, 0.29) is 23.2 Å². The molecule has 0 unspecified atom stereocenters. The Bertz CT molecular complexity index is 810. The maximum absolute atomic E-state index is 12.4. The minimum Gasteiger partial charge on any atom is -0.364 e. The average molecular weight is 326 g/mol. The Morgan fingerprint density at radius 3 is 2.17 bits per heavy atom. The van der Waals surface area contributed by atoms with Gasteiger partial charge in [-0.15, -0.1) is 0 Å². The molecule has 24 heavy (non-hydrogen) atoms. The summed E-state index contributed by atoms with van der Waals surface area (Å²) in [6.45, 7) is 2.33. The van der Waals surface area contributed by atoms with Crippen LogP contribution in [-0.2, 0) is 0 Å². The molecule has 3 rings (SSSR count). The number of aromatic nitrogens is 2. The van der Waals surface area contributed by atoms with Gasteiger partial charge in [0, 0.05) is 30.1 Å². The van der Waals surface area contributed by atoms with Crippen molar-refractivity contribution >= 4 is 23.2 Å². The monoisotopic (exact) mass is 326 g/mol. The number of rotatable bonds is 5. The lowest BCUT2D eigenvalue weighted by Gasteiger charge is -2.20. The normalized spacial score (nSPS) is 10.4. The van der Waals surface area contributed by atoms with Crippen molar-refractivity contribution in [1.82, 2.24) is 10.3 Å². The van der Waals surface area contributed by atoms with Crippen LogP contribution in [0.3, 0.4) is 0 Å². The Hall–Kier alpha value is -3.42. The van der Waals surface area contributed by atoms with Crippen molar-refractivity contribution < 1.29 is 18.6 Å². The third-order valence-electron chi connectivity index (χ3n) is 3.33. The van der Waals surface area contributed by atoms with Crippen LogP contribution in [-0.4, -0.2) is 28.7 Å². The fourth-order valence-corrected chi connectivity index (χ4v) is 2.15. The molecule has 2 heterocycles. The van der Waals surface area contributed by atoms with Gasteiger partial charge >= 0.3 is 0 Å². The first-order valence-corrected chi connectivity index (χ1v) is 7.23. The van der Waals surface area contributed by atoms with Crippen molar-refractivity contribution in [2.24, 2.45) is 0 Å². The maximum Gasteiger partial charge on any atom is 0.280 e. The third-order valence-corrected chi connectivity index (χ3v) is 3.33. The fourth-order valence-electron chi connectivity index (χ4n) is 2.15. The van der Waals surface area contributed by atoms with E-state index in [1.807, 2.05) is 6.92 Å². The summed E-state index contributed by atoms with van der Waals surface area (Å²) in [5.41, 5.74) is 1.69. The molecule has 0 aliphatic heterocycles. The molecule has 0 aliphatic carbocycles. The summed E-state index contributed by atoms with van der Waals surface area (Å²) < 4.78 is 9.34. The molecule has 122 valence electrons. The van der Waals surface area contributed by atoms with Gasteiger partial charge in [0.25, 0.3) is 11.8 Å². The SMILES string of the molecule is CCN(C(=O)c1ccon1)c1ccc(NC(=O)c2ccon2)cc1. The Morgan fingerprint density at radius 2 is 1.62 bits per heavy atom. The Labute approximate surface area is 137 Å². The summed E-state index contributed by atoms with van der Waals surface area (Å²) >= 11 is 0. The van der Waals surface area contributed by atoms with Gasteiger partial charge in [0.05, 0.1) is 0 Å². The van der Waals surface area contributed by atoms with Crippen molar-refractivity contribution in [2.75, 3.05) is 16.8 Å². The number of hydrogen-bond donors (Lipinski definition) is 1. The molecule has 2 amide bonds. The molecule has 8 heteroatoms. The lowest BCUT2D eigenvalue weighted by molar-refractivity contribution is 0.0977. The Balaban J connectivity index is 1.73. The van der Waals surface area contributed by atoms with E-state index in [1.165, 1.54) is 24.7 Å². The van der Waals surface area contributed by atoms with E-state index in [1.54, 1.807) is 29.2 Å². The minimum atomic E-state index is -0.373. The molecule has 0 saturated carbocycles. The smallest absolute Gasteiger partial charge is 0.280 e. The number of carbonyl (C=O) groups excluding carboxylic acids is 2. The molecule has 0 spiro atoms. The van der Waals surface area contributed by atoms with Crippen LogP contribution in [0.1, 0.15) is 27.9 Å². The van der Waals surface area contributed by atoms with Crippen LogP contribution < -0.4 is 10.2 Å². The van der Waals surface area contributed by atoms with Gasteiger partial charge in [0.15, 0.2) is 11.4 Å². The molecular formula is C16H14N4O4. The summed E-state index contributed by atoms with van der Waals surface area (Å²) in [7, 11) is 0. The average Bonchev–Trinajstić information content (AvgIpc) is 3.30. The molecule has 0 radical (unpaired) electrons. The number of hydrogen-bond acceptors (Lipinski definition) is 6. The number of nitrogens with one attached hydrogen (secondary N) is 1. The van der Waals surface area contributed by atoms with Gasteiger partial charge < -0.3 is 19.3 Å². The van der Waals surface area contributed by atoms with Crippen molar-refractivity contribution in [3.63, 3.8) is 0 Å². The lowest BCUT2D eigenvalue weighted by atomic mass is 10.2. The van der Waals surface area contributed by atoms with E-state index in [0.29, 0.717) is 17.9 Å². The lowest BCUT2D eigenvalue weighted by Crippen LogP contribution is -2.30. The quantitative estimate of drug-likeness (QED) is 0.773. The second-order valence-corrected chi connectivity index (χ2v) is 4.82. The minimum absolute atomic E-state index is 0.190. The number of amides is 2. The Morgan fingerprint density at radius 1 is 1.00 bits per heavy atom. The highest BCUT2D eigenvalue weighted by molar-refractivity contribution is 6.05. The molecule has 2 aromatic heterocycles. The van der Waals surface area contributed by atoms with E-state index in [4.69, 9.17) is 4.52 Å². The second kappa shape index (κ2) is 6.78. The van der Waals surface area contributed by atoms with Gasteiger partial charge in [-0.2, -0.15) is 0 Å². The highest BCUT2D eigenvalue weighted by atomic mass is 16.5. The van der Waals surface area contributed by atoms with Gasteiger partial charge in [0.2, 0.25) is 0 Å². The molecule has 3 aromatic rings. The predicted molar refractivity (Wildman–Crippen MR) is 84.8 cm³/mol. The highest BCUT2D eigenvalue weighted by Gasteiger charge is 2.18. The summed E-state index contributed by atoms with van der Waals surface area (Å²) in [6, 6.07) is 9.86. The number of nitrogens with zero attached hydrogens (tertiary/aromatic N) is 3. The fraction of sp³-hybridized carbons (Fsp3) is 0.125. The van der Waals surface area contributed by atoms with Crippen LogP contribution in [0.5, 0.6) is 0 Å². The zero-order chi connectivity index (χ0) is 16.9. The molecule has 0 aliphatic rings. The first kappa shape index (κ1) is 15.5. The summed E-state index contributed by atoms with van der Waals surface area (Å²) in [6.07, 6.45) is 2.68. The summed E-state index contributed by atoms with van der Waals surface area (Å²) in [5, 5.41) is 9.92. The van der Waals surface area contributed by atoms with Crippen LogP contribution in [0.2, 0.25) is 0 Å². The summed E-state index contributed by atoms with van der Waals surface area (Å²) in [4.78, 5) is 25.8. The van der Waals surface area contributed by atoms with Crippen LogP contribution in [0, 0.1) is 0 Å². The van der Waals surface area contributed by atoms with Gasteiger partial charge in [-0.25, -0.2) is 0 Å². The van der Waals surface area contributed by atoms with Gasteiger partial charge in [-0.3, -0.25) is 9.59 Å². The van der Waals surface area contributed by atoms with Gasteiger partial charge in [0.1, 0.15) is 12.5 Å². The molecule has 8 nitrogen and oxygen atoms in total. The van der Waals surface area contributed by atoms with Crippen LogP contribution in [0.15, 0.2) is 58.0 Å². The highest BCUT2D eigenvalue weighted by Crippen LogP contribution is 2.20. The van der Waals surface area contributed by atoms with Gasteiger partial charge in [-0.05, 0) is 31.2 Å². The maximum atomic E-state index is 12.4. The summed E-state index contributed by atoms with van der Waals surface area (Å²) in [5.74, 6) is -0.631. The largest absolute Gasteiger partial charge is 0.364 e. The van der Waals surface area contributed by atoms with E-state index in [2.05, 4.69) is 20.2 Å². The van der Waals surface area contributed by atoms with Crippen molar-refractivity contribution in [1.29, 1.82) is 0 Å². The molecule has 0 atom stereocenters. The molecule has 0 fully saturated rings. The third kappa shape index (κ3) is 3.17. The van der Waals surface area contributed by atoms with Crippen molar-refractivity contribution in [3.8, 4) is 0 Å². The van der Waals surface area contributed by atoms with E-state index < -0.39 is 0 Å². The first-order chi connectivity index (χ1) is 11.7. The molecule has 0 saturated heterocycles. The topological polar surface area (TPSA) is 101 Å². The van der Waals surface area contributed by atoms with Crippen molar-refractivity contribution in [3.05, 3.63) is 60.3 Å². The molecular weight excluding hydrogens is 312 g/mol. The first-order valence-electron chi connectivity index (χ1n) is 7.23. The van der Waals surface area contributed by atoms with Crippen LogP contribution in [0.4, 0.5) is 11.4 Å². The second-order valence-electron chi connectivity index (χ2n) is 4.82. The number of anilines is 2. The van der Waals surface area contributed by atoms with Crippen molar-refractivity contribution in [2.45, 2.75) is 6.92 Å². The predicted octanol–water partition coefficient (Wildman–Crippen LogP) is 2.58. The van der Waals surface area contributed by atoms with Gasteiger partial charge in [-0.1, -0.05) is 10.3 Å². The number of carbonyl (C=O) groups is 2. The standard InChI is InChI=1S/C16H14N4O4/c1-2-20(16(22)14-8-10-24-19-14)12-5-3-11(4-6-12)17-15(21)13-7-9-23-18-13/h3-10H,2H2,1H3,(H,17,21).